The van der Waals surface area contributed by atoms with E-state index in [0.717, 1.165) is 36.8 Å². The van der Waals surface area contributed by atoms with E-state index < -0.39 is 0 Å². The number of aryl methyl sites for hydroxylation is 1. The van der Waals surface area contributed by atoms with Crippen LogP contribution in [0.3, 0.4) is 0 Å². The third kappa shape index (κ3) is 4.85. The Kier molecular flexibility index (Phi) is 6.30. The zero-order valence-electron chi connectivity index (χ0n) is 15.4. The number of benzene rings is 2. The highest BCUT2D eigenvalue weighted by molar-refractivity contribution is 6.30. The molecule has 2 aromatic carbocycles. The van der Waals surface area contributed by atoms with Crippen LogP contribution in [0.15, 0.2) is 48.5 Å². The molecule has 0 unspecified atom stereocenters. The van der Waals surface area contributed by atoms with Crippen molar-refractivity contribution in [3.63, 3.8) is 0 Å². The van der Waals surface area contributed by atoms with Gasteiger partial charge in [-0.3, -0.25) is 9.69 Å². The van der Waals surface area contributed by atoms with Crippen molar-refractivity contribution >= 4 is 17.5 Å². The van der Waals surface area contributed by atoms with Crippen LogP contribution >= 0.6 is 11.6 Å². The predicted molar refractivity (Wildman–Crippen MR) is 107 cm³/mol. The van der Waals surface area contributed by atoms with E-state index in [1.54, 1.807) is 0 Å². The van der Waals surface area contributed by atoms with Crippen molar-refractivity contribution < 1.29 is 4.79 Å². The number of hydrogen-bond acceptors (Lipinski definition) is 3. The van der Waals surface area contributed by atoms with Gasteiger partial charge in [0.15, 0.2) is 0 Å². The van der Waals surface area contributed by atoms with E-state index in [1.807, 2.05) is 43.3 Å². The summed E-state index contributed by atoms with van der Waals surface area (Å²) < 4.78 is 0. The first-order valence-corrected chi connectivity index (χ1v) is 9.43. The fourth-order valence-electron chi connectivity index (χ4n) is 3.35. The smallest absolute Gasteiger partial charge is 0.251 e. The van der Waals surface area contributed by atoms with Gasteiger partial charge < -0.3 is 10.2 Å². The zero-order valence-corrected chi connectivity index (χ0v) is 16.2. The average Bonchev–Trinajstić information content (AvgIpc) is 2.64. The fourth-order valence-corrected chi connectivity index (χ4v) is 3.48. The first-order chi connectivity index (χ1) is 12.5. The second-order valence-corrected chi connectivity index (χ2v) is 7.42. The topological polar surface area (TPSA) is 35.6 Å². The number of nitrogens with one attached hydrogen (secondary N) is 1. The monoisotopic (exact) mass is 371 g/mol. The molecule has 0 radical (unpaired) electrons. The van der Waals surface area contributed by atoms with Crippen molar-refractivity contribution in [2.45, 2.75) is 13.0 Å². The van der Waals surface area contributed by atoms with E-state index in [9.17, 15) is 4.79 Å². The van der Waals surface area contributed by atoms with Crippen molar-refractivity contribution in [3.8, 4) is 0 Å². The van der Waals surface area contributed by atoms with Crippen LogP contribution in [0.4, 0.5) is 0 Å². The second kappa shape index (κ2) is 8.67. The predicted octanol–water partition coefficient (Wildman–Crippen LogP) is 3.37. The summed E-state index contributed by atoms with van der Waals surface area (Å²) in [5.41, 5.74) is 2.98. The Morgan fingerprint density at radius 2 is 1.81 bits per heavy atom. The maximum absolute atomic E-state index is 12.6. The molecule has 1 saturated heterocycles. The van der Waals surface area contributed by atoms with Gasteiger partial charge in [-0.25, -0.2) is 0 Å². The van der Waals surface area contributed by atoms with E-state index in [-0.39, 0.29) is 11.9 Å². The lowest BCUT2D eigenvalue weighted by Crippen LogP contribution is -2.48. The number of rotatable bonds is 5. The van der Waals surface area contributed by atoms with Gasteiger partial charge in [-0.15, -0.1) is 0 Å². The highest BCUT2D eigenvalue weighted by atomic mass is 35.5. The molecule has 2 aromatic rings. The number of hydrogen-bond donors (Lipinski definition) is 1. The third-order valence-electron chi connectivity index (χ3n) is 4.97. The van der Waals surface area contributed by atoms with Gasteiger partial charge in [0.1, 0.15) is 0 Å². The molecular weight excluding hydrogens is 346 g/mol. The average molecular weight is 372 g/mol. The summed E-state index contributed by atoms with van der Waals surface area (Å²) in [6, 6.07) is 15.8. The van der Waals surface area contributed by atoms with E-state index in [2.05, 4.69) is 34.3 Å². The van der Waals surface area contributed by atoms with Crippen molar-refractivity contribution in [2.75, 3.05) is 39.8 Å². The van der Waals surface area contributed by atoms with E-state index in [0.29, 0.717) is 12.1 Å². The molecule has 3 rings (SSSR count). The highest BCUT2D eigenvalue weighted by Crippen LogP contribution is 2.23. The Balaban J connectivity index is 1.73. The zero-order chi connectivity index (χ0) is 18.5. The largest absolute Gasteiger partial charge is 0.350 e. The van der Waals surface area contributed by atoms with Gasteiger partial charge in [0.25, 0.3) is 5.91 Å². The van der Waals surface area contributed by atoms with Gasteiger partial charge >= 0.3 is 0 Å². The Morgan fingerprint density at radius 1 is 1.12 bits per heavy atom. The van der Waals surface area contributed by atoms with Crippen LogP contribution in [0.25, 0.3) is 0 Å². The van der Waals surface area contributed by atoms with Crippen molar-refractivity contribution in [1.29, 1.82) is 0 Å². The lowest BCUT2D eigenvalue weighted by atomic mass is 10.0. The van der Waals surface area contributed by atoms with Crippen LogP contribution in [0.5, 0.6) is 0 Å². The first kappa shape index (κ1) is 18.9. The molecule has 138 valence electrons. The number of amides is 1. The normalized spacial score (nSPS) is 17.0. The quantitative estimate of drug-likeness (QED) is 0.875. The lowest BCUT2D eigenvalue weighted by Gasteiger charge is -2.38. The van der Waals surface area contributed by atoms with Gasteiger partial charge in [-0.2, -0.15) is 0 Å². The third-order valence-corrected chi connectivity index (χ3v) is 5.22. The summed E-state index contributed by atoms with van der Waals surface area (Å²) in [5, 5.41) is 3.85. The van der Waals surface area contributed by atoms with Crippen LogP contribution in [0.2, 0.25) is 5.02 Å². The Bertz CT molecular complexity index is 739. The number of likely N-dealkylation sites (N-methyl/N-ethyl adjacent to an activating group) is 1. The lowest BCUT2D eigenvalue weighted by molar-refractivity contribution is 0.0886. The van der Waals surface area contributed by atoms with Crippen molar-refractivity contribution in [1.82, 2.24) is 15.1 Å². The molecule has 1 atom stereocenters. The SMILES string of the molecule is Cc1cccc(C(=O)NC[C@H](c2ccc(Cl)cc2)N2CCN(C)CC2)c1. The van der Waals surface area contributed by atoms with Crippen LogP contribution in [0, 0.1) is 6.92 Å². The van der Waals surface area contributed by atoms with Crippen molar-refractivity contribution in [2.24, 2.45) is 0 Å². The Hall–Kier alpha value is -1.88. The molecule has 0 bridgehead atoms. The summed E-state index contributed by atoms with van der Waals surface area (Å²) in [5.74, 6) is -0.0261. The maximum Gasteiger partial charge on any atom is 0.251 e. The molecule has 0 saturated carbocycles. The molecule has 1 fully saturated rings. The molecule has 1 heterocycles. The summed E-state index contributed by atoms with van der Waals surface area (Å²) in [6.45, 7) is 6.63. The maximum atomic E-state index is 12.6. The number of halogens is 1. The van der Waals surface area contributed by atoms with Gasteiger partial charge in [0.2, 0.25) is 0 Å². The minimum absolute atomic E-state index is 0.0261. The van der Waals surface area contributed by atoms with Gasteiger partial charge in [0, 0.05) is 43.3 Å². The molecule has 26 heavy (non-hydrogen) atoms. The summed E-state index contributed by atoms with van der Waals surface area (Å²) >= 11 is 6.05. The van der Waals surface area contributed by atoms with Gasteiger partial charge in [-0.1, -0.05) is 41.4 Å². The van der Waals surface area contributed by atoms with Crippen LogP contribution in [0.1, 0.15) is 27.5 Å². The summed E-state index contributed by atoms with van der Waals surface area (Å²) in [4.78, 5) is 17.3. The molecule has 0 spiro atoms. The van der Waals surface area contributed by atoms with Crippen LogP contribution in [-0.2, 0) is 0 Å². The highest BCUT2D eigenvalue weighted by Gasteiger charge is 2.24. The molecule has 1 aliphatic rings. The number of piperazine rings is 1. The molecular formula is C21H26ClN3O. The molecule has 1 aliphatic heterocycles. The second-order valence-electron chi connectivity index (χ2n) is 6.99. The van der Waals surface area contributed by atoms with Crippen LogP contribution < -0.4 is 5.32 Å². The van der Waals surface area contributed by atoms with Crippen molar-refractivity contribution in [3.05, 3.63) is 70.2 Å². The van der Waals surface area contributed by atoms with Gasteiger partial charge in [0.05, 0.1) is 6.04 Å². The fraction of sp³-hybridized carbons (Fsp3) is 0.381. The minimum Gasteiger partial charge on any atom is -0.350 e. The summed E-state index contributed by atoms with van der Waals surface area (Å²) in [7, 11) is 2.15. The number of carbonyl (C=O) groups is 1. The Morgan fingerprint density at radius 3 is 2.46 bits per heavy atom. The molecule has 5 heteroatoms. The van der Waals surface area contributed by atoms with Crippen LogP contribution in [-0.4, -0.2) is 55.5 Å². The van der Waals surface area contributed by atoms with E-state index in [4.69, 9.17) is 11.6 Å². The summed E-state index contributed by atoms with van der Waals surface area (Å²) in [6.07, 6.45) is 0. The number of carbonyl (C=O) groups excluding carboxylic acids is 1. The molecule has 0 aliphatic carbocycles. The molecule has 4 nitrogen and oxygen atoms in total. The Labute approximate surface area is 160 Å². The van der Waals surface area contributed by atoms with Gasteiger partial charge in [-0.05, 0) is 43.8 Å². The minimum atomic E-state index is -0.0261. The molecule has 0 aromatic heterocycles. The molecule has 1 N–H and O–H groups in total. The number of nitrogens with zero attached hydrogens (tertiary/aromatic N) is 2. The van der Waals surface area contributed by atoms with E-state index in [1.165, 1.54) is 5.56 Å². The molecule has 1 amide bonds. The van der Waals surface area contributed by atoms with E-state index >= 15 is 0 Å². The standard InChI is InChI=1S/C21H26ClN3O/c1-16-4-3-5-18(14-16)21(26)23-15-20(17-6-8-19(22)9-7-17)25-12-10-24(2)11-13-25/h3-9,14,20H,10-13,15H2,1-2H3,(H,23,26)/t20-/m1/s1. The first-order valence-electron chi connectivity index (χ1n) is 9.06.